The Bertz CT molecular complexity index is 1070. The zero-order valence-corrected chi connectivity index (χ0v) is 19.2. The van der Waals surface area contributed by atoms with Gasteiger partial charge in [-0.15, -0.1) is 11.3 Å². The summed E-state index contributed by atoms with van der Waals surface area (Å²) in [6.45, 7) is 4.21. The standard InChI is InChI=1S/C20H25N3O6S2/c1-4-29-19(25)15-12-30-20(21-15)22-18(24)14-8-9-16(28-3)17(11-14)31(26,27)23-10-6-5-7-13(23)2/h8-9,11-13H,4-7,10H2,1-3H3,(H,21,22,24). The number of rotatable bonds is 7. The molecule has 1 N–H and O–H groups in total. The van der Waals surface area contributed by atoms with Gasteiger partial charge in [0, 0.05) is 23.5 Å². The van der Waals surface area contributed by atoms with Gasteiger partial charge in [-0.1, -0.05) is 6.42 Å². The number of esters is 1. The van der Waals surface area contributed by atoms with Crippen molar-refractivity contribution in [3.63, 3.8) is 0 Å². The second kappa shape index (κ2) is 9.75. The van der Waals surface area contributed by atoms with Crippen LogP contribution >= 0.6 is 11.3 Å². The Morgan fingerprint density at radius 3 is 2.77 bits per heavy atom. The first-order valence-corrected chi connectivity index (χ1v) is 12.2. The third-order valence-corrected chi connectivity index (χ3v) is 7.76. The van der Waals surface area contributed by atoms with Crippen LogP contribution in [-0.4, -0.2) is 55.9 Å². The highest BCUT2D eigenvalue weighted by Crippen LogP contribution is 2.32. The molecule has 0 aliphatic carbocycles. The van der Waals surface area contributed by atoms with E-state index in [0.29, 0.717) is 6.54 Å². The smallest absolute Gasteiger partial charge is 0.357 e. The summed E-state index contributed by atoms with van der Waals surface area (Å²) in [4.78, 5) is 28.5. The van der Waals surface area contributed by atoms with E-state index in [9.17, 15) is 18.0 Å². The lowest BCUT2D eigenvalue weighted by Crippen LogP contribution is -2.42. The Balaban J connectivity index is 1.86. The molecule has 0 radical (unpaired) electrons. The second-order valence-electron chi connectivity index (χ2n) is 7.04. The molecule has 1 aliphatic rings. The average molecular weight is 468 g/mol. The number of amides is 1. The maximum Gasteiger partial charge on any atom is 0.357 e. The summed E-state index contributed by atoms with van der Waals surface area (Å²) in [6, 6.07) is 4.12. The number of sulfonamides is 1. The number of methoxy groups -OCH3 is 1. The van der Waals surface area contributed by atoms with E-state index in [4.69, 9.17) is 9.47 Å². The van der Waals surface area contributed by atoms with Gasteiger partial charge in [-0.2, -0.15) is 4.31 Å². The number of carbonyl (C=O) groups is 2. The van der Waals surface area contributed by atoms with Gasteiger partial charge in [0.25, 0.3) is 5.91 Å². The highest BCUT2D eigenvalue weighted by molar-refractivity contribution is 7.89. The fourth-order valence-electron chi connectivity index (χ4n) is 3.37. The van der Waals surface area contributed by atoms with Gasteiger partial charge in [0.1, 0.15) is 10.6 Å². The van der Waals surface area contributed by atoms with Gasteiger partial charge in [0.2, 0.25) is 10.0 Å². The molecule has 1 amide bonds. The van der Waals surface area contributed by atoms with Crippen molar-refractivity contribution in [1.29, 1.82) is 0 Å². The van der Waals surface area contributed by atoms with Gasteiger partial charge in [0.15, 0.2) is 10.8 Å². The quantitative estimate of drug-likeness (QED) is 0.622. The molecular formula is C20H25N3O6S2. The molecule has 1 saturated heterocycles. The third kappa shape index (κ3) is 5.05. The number of ether oxygens (including phenoxy) is 2. The predicted molar refractivity (Wildman–Crippen MR) is 116 cm³/mol. The Morgan fingerprint density at radius 1 is 1.32 bits per heavy atom. The van der Waals surface area contributed by atoms with Crippen LogP contribution in [0.15, 0.2) is 28.5 Å². The molecule has 0 saturated carbocycles. The molecule has 1 aliphatic heterocycles. The van der Waals surface area contributed by atoms with Crippen LogP contribution in [0.2, 0.25) is 0 Å². The van der Waals surface area contributed by atoms with Gasteiger partial charge in [-0.05, 0) is 44.9 Å². The summed E-state index contributed by atoms with van der Waals surface area (Å²) in [5.74, 6) is -0.948. The molecule has 9 nitrogen and oxygen atoms in total. The molecule has 2 heterocycles. The molecule has 1 aromatic carbocycles. The van der Waals surface area contributed by atoms with Crippen LogP contribution in [0.1, 0.15) is 54.0 Å². The molecule has 168 valence electrons. The molecular weight excluding hydrogens is 442 g/mol. The number of nitrogens with one attached hydrogen (secondary N) is 1. The van der Waals surface area contributed by atoms with Gasteiger partial charge in [-0.25, -0.2) is 18.2 Å². The first-order chi connectivity index (χ1) is 14.8. The fraction of sp³-hybridized carbons (Fsp3) is 0.450. The number of nitrogens with zero attached hydrogens (tertiary/aromatic N) is 2. The predicted octanol–water partition coefficient (Wildman–Crippen LogP) is 3.14. The van der Waals surface area contributed by atoms with Crippen LogP contribution in [-0.2, 0) is 14.8 Å². The van der Waals surface area contributed by atoms with Crippen molar-refractivity contribution in [1.82, 2.24) is 9.29 Å². The topological polar surface area (TPSA) is 115 Å². The van der Waals surface area contributed by atoms with E-state index >= 15 is 0 Å². The van der Waals surface area contributed by atoms with Crippen molar-refractivity contribution < 1.29 is 27.5 Å². The van der Waals surface area contributed by atoms with Crippen LogP contribution < -0.4 is 10.1 Å². The summed E-state index contributed by atoms with van der Waals surface area (Å²) in [5, 5.41) is 4.28. The summed E-state index contributed by atoms with van der Waals surface area (Å²) >= 11 is 1.07. The van der Waals surface area contributed by atoms with E-state index < -0.39 is 21.9 Å². The van der Waals surface area contributed by atoms with Crippen LogP contribution in [0.3, 0.4) is 0 Å². The largest absolute Gasteiger partial charge is 0.495 e. The SMILES string of the molecule is CCOC(=O)c1csc(NC(=O)c2ccc(OC)c(S(=O)(=O)N3CCCCC3C)c2)n1. The van der Waals surface area contributed by atoms with Crippen LogP contribution in [0.25, 0.3) is 0 Å². The first kappa shape index (κ1) is 23.2. The molecule has 0 spiro atoms. The summed E-state index contributed by atoms with van der Waals surface area (Å²) in [6.07, 6.45) is 2.56. The number of anilines is 1. The van der Waals surface area contributed by atoms with Gasteiger partial charge < -0.3 is 9.47 Å². The third-order valence-electron chi connectivity index (χ3n) is 4.96. The summed E-state index contributed by atoms with van der Waals surface area (Å²) < 4.78 is 38.2. The first-order valence-electron chi connectivity index (χ1n) is 9.91. The minimum absolute atomic E-state index is 0.0530. The molecule has 1 atom stereocenters. The fourth-order valence-corrected chi connectivity index (χ4v) is 5.93. The molecule has 1 unspecified atom stereocenters. The van der Waals surface area contributed by atoms with E-state index in [1.165, 1.54) is 35.0 Å². The lowest BCUT2D eigenvalue weighted by molar-refractivity contribution is 0.0520. The number of piperidine rings is 1. The zero-order chi connectivity index (χ0) is 22.6. The Morgan fingerprint density at radius 2 is 2.10 bits per heavy atom. The van der Waals surface area contributed by atoms with Crippen molar-refractivity contribution in [3.05, 3.63) is 34.8 Å². The molecule has 31 heavy (non-hydrogen) atoms. The number of aromatic nitrogens is 1. The van der Waals surface area contributed by atoms with E-state index in [-0.39, 0.29) is 39.7 Å². The van der Waals surface area contributed by atoms with Gasteiger partial charge >= 0.3 is 5.97 Å². The monoisotopic (exact) mass is 467 g/mol. The van der Waals surface area contributed by atoms with Gasteiger partial charge in [-0.3, -0.25) is 10.1 Å². The normalized spacial score (nSPS) is 17.2. The highest BCUT2D eigenvalue weighted by atomic mass is 32.2. The minimum atomic E-state index is -3.84. The molecule has 0 bridgehead atoms. The summed E-state index contributed by atoms with van der Waals surface area (Å²) in [5.41, 5.74) is 0.233. The Labute approximate surface area is 185 Å². The molecule has 1 aromatic heterocycles. The minimum Gasteiger partial charge on any atom is -0.495 e. The van der Waals surface area contributed by atoms with Crippen molar-refractivity contribution in [2.45, 2.75) is 44.0 Å². The second-order valence-corrected chi connectivity index (χ2v) is 9.76. The zero-order valence-electron chi connectivity index (χ0n) is 17.6. The number of benzene rings is 1. The van der Waals surface area contributed by atoms with Crippen LogP contribution in [0, 0.1) is 0 Å². The molecule has 3 rings (SSSR count). The highest BCUT2D eigenvalue weighted by Gasteiger charge is 2.33. The molecule has 1 fully saturated rings. The van der Waals surface area contributed by atoms with E-state index in [1.807, 2.05) is 6.92 Å². The number of hydrogen-bond acceptors (Lipinski definition) is 8. The van der Waals surface area contributed by atoms with Crippen LogP contribution in [0.5, 0.6) is 5.75 Å². The lowest BCUT2D eigenvalue weighted by atomic mass is 10.1. The molecule has 2 aromatic rings. The van der Waals surface area contributed by atoms with Crippen molar-refractivity contribution in [2.24, 2.45) is 0 Å². The lowest BCUT2D eigenvalue weighted by Gasteiger charge is -2.32. The number of hydrogen-bond donors (Lipinski definition) is 1. The number of thiazole rings is 1. The van der Waals surface area contributed by atoms with E-state index in [2.05, 4.69) is 10.3 Å². The van der Waals surface area contributed by atoms with Gasteiger partial charge in [0.05, 0.1) is 13.7 Å². The number of carbonyl (C=O) groups excluding carboxylic acids is 2. The van der Waals surface area contributed by atoms with Crippen LogP contribution in [0.4, 0.5) is 5.13 Å². The van der Waals surface area contributed by atoms with Crippen molar-refractivity contribution in [2.75, 3.05) is 25.6 Å². The van der Waals surface area contributed by atoms with E-state index in [1.54, 1.807) is 6.92 Å². The Kier molecular flexibility index (Phi) is 7.29. The maximum absolute atomic E-state index is 13.3. The van der Waals surface area contributed by atoms with E-state index in [0.717, 1.165) is 30.6 Å². The maximum atomic E-state index is 13.3. The van der Waals surface area contributed by atoms with Crippen molar-refractivity contribution >= 4 is 38.4 Å². The Hall–Kier alpha value is -2.50. The van der Waals surface area contributed by atoms with Crippen molar-refractivity contribution in [3.8, 4) is 5.75 Å². The summed E-state index contributed by atoms with van der Waals surface area (Å²) in [7, 11) is -2.45. The molecule has 11 heteroatoms. The average Bonchev–Trinajstić information content (AvgIpc) is 3.22.